The fourth-order valence-corrected chi connectivity index (χ4v) is 2.59. The molecule has 122 valence electrons. The molecule has 0 bridgehead atoms. The number of anilines is 2. The Bertz CT molecular complexity index is 819. The molecule has 2 aromatic rings. The Morgan fingerprint density at radius 2 is 1.79 bits per heavy atom. The van der Waals surface area contributed by atoms with E-state index in [-0.39, 0.29) is 30.4 Å². The summed E-state index contributed by atoms with van der Waals surface area (Å²) in [4.78, 5) is 24.5. The average molecular weight is 362 g/mol. The van der Waals surface area contributed by atoms with Crippen molar-refractivity contribution in [1.29, 1.82) is 0 Å². The molecule has 0 saturated carbocycles. The highest BCUT2D eigenvalue weighted by molar-refractivity contribution is 6.44. The van der Waals surface area contributed by atoms with Crippen LogP contribution < -0.4 is 10.3 Å². The molecular formula is C17H13Cl2N3O2. The quantitative estimate of drug-likeness (QED) is 0.893. The summed E-state index contributed by atoms with van der Waals surface area (Å²) in [6.07, 6.45) is 0.500. The Kier molecular flexibility index (Phi) is 4.83. The number of carbonyl (C=O) groups excluding carboxylic acids is 2. The summed E-state index contributed by atoms with van der Waals surface area (Å²) in [6.45, 7) is 0. The molecule has 24 heavy (non-hydrogen) atoms. The highest BCUT2D eigenvalue weighted by Crippen LogP contribution is 2.23. The van der Waals surface area contributed by atoms with Crippen LogP contribution in [0.2, 0.25) is 10.0 Å². The third-order valence-electron chi connectivity index (χ3n) is 3.45. The van der Waals surface area contributed by atoms with Crippen molar-refractivity contribution in [1.82, 2.24) is 0 Å². The van der Waals surface area contributed by atoms with Crippen LogP contribution in [-0.2, 0) is 9.59 Å². The second-order valence-corrected chi connectivity index (χ2v) is 6.07. The molecule has 0 atom stereocenters. The van der Waals surface area contributed by atoms with Crippen molar-refractivity contribution in [2.45, 2.75) is 12.8 Å². The molecule has 0 fully saturated rings. The zero-order chi connectivity index (χ0) is 17.1. The molecule has 1 heterocycles. The number of rotatable bonds is 3. The Labute approximate surface area is 148 Å². The SMILES string of the molecule is O=C(Nc1cccc(Cl)c1)C1=NN(c2ccc(Cl)cc2)C(=O)CC1. The largest absolute Gasteiger partial charge is 0.321 e. The second kappa shape index (κ2) is 7.03. The van der Waals surface area contributed by atoms with Gasteiger partial charge in [-0.2, -0.15) is 5.10 Å². The lowest BCUT2D eigenvalue weighted by molar-refractivity contribution is -0.118. The highest BCUT2D eigenvalue weighted by Gasteiger charge is 2.25. The molecule has 7 heteroatoms. The van der Waals surface area contributed by atoms with E-state index in [0.29, 0.717) is 21.4 Å². The van der Waals surface area contributed by atoms with Gasteiger partial charge in [-0.1, -0.05) is 29.3 Å². The van der Waals surface area contributed by atoms with Gasteiger partial charge < -0.3 is 5.32 Å². The zero-order valence-corrected chi connectivity index (χ0v) is 14.0. The first-order chi connectivity index (χ1) is 11.5. The smallest absolute Gasteiger partial charge is 0.271 e. The van der Waals surface area contributed by atoms with Crippen LogP contribution in [0, 0.1) is 0 Å². The van der Waals surface area contributed by atoms with Crippen molar-refractivity contribution in [2.75, 3.05) is 10.3 Å². The predicted octanol–water partition coefficient (Wildman–Crippen LogP) is 4.11. The van der Waals surface area contributed by atoms with Gasteiger partial charge in [0.25, 0.3) is 5.91 Å². The van der Waals surface area contributed by atoms with Crippen LogP contribution in [0.4, 0.5) is 11.4 Å². The van der Waals surface area contributed by atoms with Crippen LogP contribution in [0.3, 0.4) is 0 Å². The van der Waals surface area contributed by atoms with Gasteiger partial charge in [0.05, 0.1) is 5.69 Å². The van der Waals surface area contributed by atoms with Crippen LogP contribution in [0.15, 0.2) is 53.6 Å². The van der Waals surface area contributed by atoms with Gasteiger partial charge in [-0.3, -0.25) is 9.59 Å². The number of amides is 2. The zero-order valence-electron chi connectivity index (χ0n) is 12.5. The highest BCUT2D eigenvalue weighted by atomic mass is 35.5. The van der Waals surface area contributed by atoms with E-state index in [9.17, 15) is 9.59 Å². The molecule has 0 spiro atoms. The summed E-state index contributed by atoms with van der Waals surface area (Å²) in [5, 5.41) is 9.24. The van der Waals surface area contributed by atoms with Crippen molar-refractivity contribution in [3.8, 4) is 0 Å². The van der Waals surface area contributed by atoms with Crippen molar-refractivity contribution in [2.24, 2.45) is 5.10 Å². The first-order valence-electron chi connectivity index (χ1n) is 7.26. The van der Waals surface area contributed by atoms with Crippen molar-refractivity contribution < 1.29 is 9.59 Å². The molecule has 3 rings (SSSR count). The fourth-order valence-electron chi connectivity index (χ4n) is 2.27. The number of carbonyl (C=O) groups is 2. The Morgan fingerprint density at radius 3 is 2.50 bits per heavy atom. The molecule has 5 nitrogen and oxygen atoms in total. The summed E-state index contributed by atoms with van der Waals surface area (Å²) in [7, 11) is 0. The van der Waals surface area contributed by atoms with E-state index >= 15 is 0 Å². The van der Waals surface area contributed by atoms with Gasteiger partial charge in [0.2, 0.25) is 5.91 Å². The van der Waals surface area contributed by atoms with Crippen molar-refractivity contribution in [3.63, 3.8) is 0 Å². The number of hydrogen-bond acceptors (Lipinski definition) is 3. The van der Waals surface area contributed by atoms with E-state index in [0.717, 1.165) is 0 Å². The van der Waals surface area contributed by atoms with Gasteiger partial charge in [0, 0.05) is 28.6 Å². The van der Waals surface area contributed by atoms with Gasteiger partial charge in [-0.05, 0) is 42.5 Å². The topological polar surface area (TPSA) is 61.8 Å². The Morgan fingerprint density at radius 1 is 1.04 bits per heavy atom. The minimum atomic E-state index is -0.358. The summed E-state index contributed by atoms with van der Waals surface area (Å²) in [5.74, 6) is -0.527. The summed E-state index contributed by atoms with van der Waals surface area (Å²) in [6, 6.07) is 13.5. The lowest BCUT2D eigenvalue weighted by atomic mass is 10.1. The Balaban J connectivity index is 1.82. The van der Waals surface area contributed by atoms with Crippen molar-refractivity contribution >= 4 is 52.1 Å². The molecule has 2 aromatic carbocycles. The van der Waals surface area contributed by atoms with Crippen LogP contribution in [0.5, 0.6) is 0 Å². The normalized spacial score (nSPS) is 14.3. The fraction of sp³-hybridized carbons (Fsp3) is 0.118. The minimum Gasteiger partial charge on any atom is -0.321 e. The standard InChI is InChI=1S/C17H13Cl2N3O2/c18-11-4-6-14(7-5-11)22-16(23)9-8-15(21-22)17(24)20-13-3-1-2-12(19)10-13/h1-7,10H,8-9H2,(H,20,24). The molecule has 0 aromatic heterocycles. The minimum absolute atomic E-state index is 0.170. The number of hydrazone groups is 1. The van der Waals surface area contributed by atoms with Crippen LogP contribution in [-0.4, -0.2) is 17.5 Å². The number of halogens is 2. The molecule has 0 radical (unpaired) electrons. The van der Waals surface area contributed by atoms with Gasteiger partial charge in [0.15, 0.2) is 0 Å². The van der Waals surface area contributed by atoms with E-state index in [1.807, 2.05) is 0 Å². The Hall–Kier alpha value is -2.37. The van der Waals surface area contributed by atoms with E-state index in [1.54, 1.807) is 48.5 Å². The summed E-state index contributed by atoms with van der Waals surface area (Å²) < 4.78 is 0. The van der Waals surface area contributed by atoms with Gasteiger partial charge in [0.1, 0.15) is 5.71 Å². The molecule has 1 N–H and O–H groups in total. The van der Waals surface area contributed by atoms with Crippen LogP contribution in [0.1, 0.15) is 12.8 Å². The first-order valence-corrected chi connectivity index (χ1v) is 8.01. The molecular weight excluding hydrogens is 349 g/mol. The number of hydrogen-bond donors (Lipinski definition) is 1. The lowest BCUT2D eigenvalue weighted by Gasteiger charge is -2.23. The predicted molar refractivity (Wildman–Crippen MR) is 95.7 cm³/mol. The van der Waals surface area contributed by atoms with E-state index < -0.39 is 0 Å². The molecule has 1 aliphatic rings. The maximum atomic E-state index is 12.4. The summed E-state index contributed by atoms with van der Waals surface area (Å²) >= 11 is 11.8. The second-order valence-electron chi connectivity index (χ2n) is 5.19. The van der Waals surface area contributed by atoms with E-state index in [1.165, 1.54) is 5.01 Å². The van der Waals surface area contributed by atoms with Gasteiger partial charge in [-0.25, -0.2) is 5.01 Å². The van der Waals surface area contributed by atoms with E-state index in [4.69, 9.17) is 23.2 Å². The number of nitrogens with one attached hydrogen (secondary N) is 1. The molecule has 0 aliphatic carbocycles. The van der Waals surface area contributed by atoms with Crippen LogP contribution in [0.25, 0.3) is 0 Å². The number of benzene rings is 2. The van der Waals surface area contributed by atoms with Crippen LogP contribution >= 0.6 is 23.2 Å². The third kappa shape index (κ3) is 3.75. The molecule has 0 saturated heterocycles. The van der Waals surface area contributed by atoms with Gasteiger partial charge >= 0.3 is 0 Å². The number of nitrogens with zero attached hydrogens (tertiary/aromatic N) is 2. The first kappa shape index (κ1) is 16.5. The molecule has 0 unspecified atom stereocenters. The summed E-state index contributed by atoms with van der Waals surface area (Å²) in [5.41, 5.74) is 1.42. The monoisotopic (exact) mass is 361 g/mol. The lowest BCUT2D eigenvalue weighted by Crippen LogP contribution is -2.36. The average Bonchev–Trinajstić information content (AvgIpc) is 2.56. The van der Waals surface area contributed by atoms with Gasteiger partial charge in [-0.15, -0.1) is 0 Å². The maximum Gasteiger partial charge on any atom is 0.271 e. The van der Waals surface area contributed by atoms with Crippen molar-refractivity contribution in [3.05, 3.63) is 58.6 Å². The molecule has 2 amide bonds. The molecule has 1 aliphatic heterocycles. The maximum absolute atomic E-state index is 12.4. The van der Waals surface area contributed by atoms with E-state index in [2.05, 4.69) is 10.4 Å². The third-order valence-corrected chi connectivity index (χ3v) is 3.94.